The van der Waals surface area contributed by atoms with Crippen LogP contribution in [0.15, 0.2) is 12.5 Å². The predicted octanol–water partition coefficient (Wildman–Crippen LogP) is 4.76. The maximum absolute atomic E-state index is 12.8. The number of aromatic amines is 1. The molecule has 1 aromatic heterocycles. The van der Waals surface area contributed by atoms with E-state index in [0.29, 0.717) is 5.69 Å². The zero-order valence-electron chi connectivity index (χ0n) is 21.2. The average Bonchev–Trinajstić information content (AvgIpc) is 3.33. The summed E-state index contributed by atoms with van der Waals surface area (Å²) in [6, 6.07) is -1.09. The van der Waals surface area contributed by atoms with Gasteiger partial charge in [0, 0.05) is 18.5 Å². The lowest BCUT2D eigenvalue weighted by Crippen LogP contribution is -2.47. The van der Waals surface area contributed by atoms with Crippen LogP contribution in [0.3, 0.4) is 0 Å². The maximum Gasteiger partial charge on any atom is 0.326 e. The van der Waals surface area contributed by atoms with Crippen LogP contribution in [0.4, 0.5) is 0 Å². The quantitative estimate of drug-likeness (QED) is 0.190. The summed E-state index contributed by atoms with van der Waals surface area (Å²) in [6.07, 6.45) is 19.0. The number of unbranched alkanes of at least 4 members (excludes halogenated alkanes) is 10. The SMILES string of the molecule is CCCCCCCCCC(CCCCCCC)C(=O)NCC(=O)NC(Cc1c[nH]cn1)C(=O)O. The van der Waals surface area contributed by atoms with Crippen LogP contribution in [0.1, 0.15) is 109 Å². The molecule has 0 radical (unpaired) electrons. The highest BCUT2D eigenvalue weighted by atomic mass is 16.4. The average molecular weight is 479 g/mol. The molecule has 1 rings (SSSR count). The molecule has 34 heavy (non-hydrogen) atoms. The second kappa shape index (κ2) is 19.0. The van der Waals surface area contributed by atoms with E-state index in [1.165, 1.54) is 57.7 Å². The summed E-state index contributed by atoms with van der Waals surface area (Å²) in [4.78, 5) is 43.4. The van der Waals surface area contributed by atoms with Gasteiger partial charge in [0.15, 0.2) is 0 Å². The van der Waals surface area contributed by atoms with Crippen LogP contribution in [-0.4, -0.2) is 45.4 Å². The number of imidazole rings is 1. The second-order valence-corrected chi connectivity index (χ2v) is 9.25. The smallest absolute Gasteiger partial charge is 0.326 e. The first-order valence-corrected chi connectivity index (χ1v) is 13.2. The number of hydrogen-bond acceptors (Lipinski definition) is 4. The number of nitrogens with zero attached hydrogens (tertiary/aromatic N) is 1. The Kier molecular flexibility index (Phi) is 16.6. The van der Waals surface area contributed by atoms with Gasteiger partial charge >= 0.3 is 5.97 Å². The van der Waals surface area contributed by atoms with Crippen LogP contribution in [0.5, 0.6) is 0 Å². The zero-order valence-corrected chi connectivity index (χ0v) is 21.2. The van der Waals surface area contributed by atoms with Gasteiger partial charge in [-0.25, -0.2) is 9.78 Å². The number of rotatable bonds is 21. The summed E-state index contributed by atoms with van der Waals surface area (Å²) >= 11 is 0. The number of nitrogens with one attached hydrogen (secondary N) is 3. The molecule has 8 heteroatoms. The van der Waals surface area contributed by atoms with Gasteiger partial charge in [0.1, 0.15) is 6.04 Å². The number of carbonyl (C=O) groups is 3. The molecule has 0 aliphatic rings. The summed E-state index contributed by atoms with van der Waals surface area (Å²) in [5, 5.41) is 14.6. The van der Waals surface area contributed by atoms with Crippen molar-refractivity contribution in [3.8, 4) is 0 Å². The third-order valence-electron chi connectivity index (χ3n) is 6.21. The van der Waals surface area contributed by atoms with Gasteiger partial charge in [0.05, 0.1) is 18.6 Å². The van der Waals surface area contributed by atoms with Crippen molar-refractivity contribution in [3.05, 3.63) is 18.2 Å². The molecule has 0 aromatic carbocycles. The first-order chi connectivity index (χ1) is 16.5. The fourth-order valence-corrected chi connectivity index (χ4v) is 4.12. The highest BCUT2D eigenvalue weighted by molar-refractivity contribution is 5.88. The Hall–Kier alpha value is -2.38. The number of carboxylic acid groups (broad SMARTS) is 1. The number of amides is 2. The molecule has 0 spiro atoms. The molecule has 0 fully saturated rings. The minimum Gasteiger partial charge on any atom is -0.480 e. The second-order valence-electron chi connectivity index (χ2n) is 9.25. The molecule has 194 valence electrons. The topological polar surface area (TPSA) is 124 Å². The van der Waals surface area contributed by atoms with Crippen molar-refractivity contribution in [2.75, 3.05) is 6.54 Å². The minimum absolute atomic E-state index is 0.0805. The molecule has 0 bridgehead atoms. The van der Waals surface area contributed by atoms with Crippen molar-refractivity contribution in [2.45, 2.75) is 116 Å². The molecule has 0 aliphatic carbocycles. The van der Waals surface area contributed by atoms with Gasteiger partial charge in [0.2, 0.25) is 11.8 Å². The van der Waals surface area contributed by atoms with Crippen molar-refractivity contribution in [1.82, 2.24) is 20.6 Å². The minimum atomic E-state index is -1.13. The molecule has 8 nitrogen and oxygen atoms in total. The zero-order chi connectivity index (χ0) is 25.0. The Labute approximate surface area is 205 Å². The fourth-order valence-electron chi connectivity index (χ4n) is 4.12. The number of aromatic nitrogens is 2. The highest BCUT2D eigenvalue weighted by Crippen LogP contribution is 2.19. The van der Waals surface area contributed by atoms with E-state index in [-0.39, 0.29) is 24.8 Å². The van der Waals surface area contributed by atoms with E-state index in [9.17, 15) is 19.5 Å². The van der Waals surface area contributed by atoms with Crippen LogP contribution in [-0.2, 0) is 20.8 Å². The lowest BCUT2D eigenvalue weighted by atomic mass is 9.93. The molecule has 1 aromatic rings. The van der Waals surface area contributed by atoms with Crippen molar-refractivity contribution in [3.63, 3.8) is 0 Å². The number of hydrogen-bond donors (Lipinski definition) is 4. The number of H-pyrrole nitrogens is 1. The maximum atomic E-state index is 12.8. The molecule has 2 amide bonds. The lowest BCUT2D eigenvalue weighted by Gasteiger charge is -2.18. The van der Waals surface area contributed by atoms with Gasteiger partial charge in [-0.3, -0.25) is 9.59 Å². The van der Waals surface area contributed by atoms with E-state index in [1.807, 2.05) is 0 Å². The normalized spacial score (nSPS) is 12.8. The van der Waals surface area contributed by atoms with E-state index >= 15 is 0 Å². The van der Waals surface area contributed by atoms with Crippen molar-refractivity contribution >= 4 is 17.8 Å². The van der Waals surface area contributed by atoms with E-state index in [2.05, 4.69) is 34.4 Å². The molecule has 0 saturated heterocycles. The summed E-state index contributed by atoms with van der Waals surface area (Å²) in [7, 11) is 0. The first-order valence-electron chi connectivity index (χ1n) is 13.2. The Bertz CT molecular complexity index is 678. The largest absolute Gasteiger partial charge is 0.480 e. The van der Waals surface area contributed by atoms with Gasteiger partial charge in [-0.15, -0.1) is 0 Å². The standard InChI is InChI=1S/C26H46N4O4/c1-3-5-7-9-10-12-14-16-21(15-13-11-8-6-4-2)25(32)28-19-24(31)30-23(26(33)34)17-22-18-27-20-29-22/h18,20-21,23H,3-17,19H2,1-2H3,(H,27,29)(H,28,32)(H,30,31)(H,33,34). The Balaban J connectivity index is 2.46. The Morgan fingerprint density at radius 2 is 1.47 bits per heavy atom. The van der Waals surface area contributed by atoms with Gasteiger partial charge in [0.25, 0.3) is 0 Å². The highest BCUT2D eigenvalue weighted by Gasteiger charge is 2.23. The monoisotopic (exact) mass is 478 g/mol. The number of aliphatic carboxylic acids is 1. The summed E-state index contributed by atoms with van der Waals surface area (Å²) in [5.41, 5.74) is 0.551. The molecule has 0 saturated carbocycles. The van der Waals surface area contributed by atoms with Crippen LogP contribution in [0.25, 0.3) is 0 Å². The van der Waals surface area contributed by atoms with Gasteiger partial charge in [-0.05, 0) is 12.8 Å². The summed E-state index contributed by atoms with van der Waals surface area (Å²) < 4.78 is 0. The molecular formula is C26H46N4O4. The van der Waals surface area contributed by atoms with Crippen LogP contribution >= 0.6 is 0 Å². The Morgan fingerprint density at radius 3 is 1.97 bits per heavy atom. The Morgan fingerprint density at radius 1 is 0.912 bits per heavy atom. The third kappa shape index (κ3) is 14.0. The number of carbonyl (C=O) groups excluding carboxylic acids is 2. The van der Waals surface area contributed by atoms with Crippen LogP contribution in [0, 0.1) is 5.92 Å². The van der Waals surface area contributed by atoms with E-state index in [1.54, 1.807) is 6.20 Å². The molecule has 0 aliphatic heterocycles. The molecule has 1 heterocycles. The van der Waals surface area contributed by atoms with E-state index < -0.39 is 17.9 Å². The molecule has 2 unspecified atom stereocenters. The van der Waals surface area contributed by atoms with Crippen molar-refractivity contribution in [2.24, 2.45) is 5.92 Å². The predicted molar refractivity (Wildman–Crippen MR) is 134 cm³/mol. The van der Waals surface area contributed by atoms with Crippen molar-refractivity contribution < 1.29 is 19.5 Å². The van der Waals surface area contributed by atoms with Crippen molar-refractivity contribution in [1.29, 1.82) is 0 Å². The third-order valence-corrected chi connectivity index (χ3v) is 6.21. The van der Waals surface area contributed by atoms with Crippen LogP contribution < -0.4 is 10.6 Å². The first kappa shape index (κ1) is 29.7. The van der Waals surface area contributed by atoms with Gasteiger partial charge < -0.3 is 20.7 Å². The molecular weight excluding hydrogens is 432 g/mol. The number of carboxylic acids is 1. The molecule has 4 N–H and O–H groups in total. The summed E-state index contributed by atoms with van der Waals surface area (Å²) in [6.45, 7) is 4.18. The van der Waals surface area contributed by atoms with Gasteiger partial charge in [-0.1, -0.05) is 90.9 Å². The summed E-state index contributed by atoms with van der Waals surface area (Å²) in [5.74, 6) is -1.83. The van der Waals surface area contributed by atoms with Crippen LogP contribution in [0.2, 0.25) is 0 Å². The van der Waals surface area contributed by atoms with E-state index in [0.717, 1.165) is 38.5 Å². The van der Waals surface area contributed by atoms with E-state index in [4.69, 9.17) is 0 Å². The van der Waals surface area contributed by atoms with Gasteiger partial charge in [-0.2, -0.15) is 0 Å². The fraction of sp³-hybridized carbons (Fsp3) is 0.769. The lowest BCUT2D eigenvalue weighted by molar-refractivity contribution is -0.141. The molecule has 2 atom stereocenters.